The van der Waals surface area contributed by atoms with Gasteiger partial charge in [0, 0.05) is 10.6 Å². The van der Waals surface area contributed by atoms with Crippen molar-refractivity contribution in [3.05, 3.63) is 64.4 Å². The average molecular weight is 281 g/mol. The zero-order chi connectivity index (χ0) is 13.8. The van der Waals surface area contributed by atoms with E-state index in [0.29, 0.717) is 10.6 Å². The van der Waals surface area contributed by atoms with Gasteiger partial charge >= 0.3 is 0 Å². The van der Waals surface area contributed by atoms with Crippen molar-refractivity contribution >= 4 is 11.6 Å². The molecule has 0 aliphatic rings. The summed E-state index contributed by atoms with van der Waals surface area (Å²) in [6.07, 6.45) is 0. The fourth-order valence-corrected chi connectivity index (χ4v) is 2.16. The fourth-order valence-electron chi connectivity index (χ4n) is 1.96. The van der Waals surface area contributed by atoms with E-state index in [1.165, 1.54) is 7.11 Å². The molecule has 0 aliphatic carbocycles. The summed E-state index contributed by atoms with van der Waals surface area (Å²) in [5, 5.41) is 0.570. The second-order valence-electron chi connectivity index (χ2n) is 4.02. The molecule has 0 spiro atoms. The lowest BCUT2D eigenvalue weighted by Gasteiger charge is -2.18. The molecule has 1 atom stereocenters. The molecule has 3 N–H and O–H groups in total. The van der Waals surface area contributed by atoms with E-state index < -0.39 is 11.9 Å². The minimum Gasteiger partial charge on any atom is -0.494 e. The van der Waals surface area contributed by atoms with Crippen molar-refractivity contribution in [1.29, 1.82) is 0 Å². The maximum atomic E-state index is 14.2. The van der Waals surface area contributed by atoms with Crippen molar-refractivity contribution in [1.82, 2.24) is 5.43 Å². The summed E-state index contributed by atoms with van der Waals surface area (Å²) in [4.78, 5) is 0. The molecule has 100 valence electrons. The Hall–Kier alpha value is -1.62. The Balaban J connectivity index is 2.48. The van der Waals surface area contributed by atoms with Gasteiger partial charge in [-0.15, -0.1) is 0 Å². The van der Waals surface area contributed by atoms with E-state index in [1.54, 1.807) is 36.4 Å². The summed E-state index contributed by atoms with van der Waals surface area (Å²) < 4.78 is 19.2. The van der Waals surface area contributed by atoms with Gasteiger partial charge in [-0.1, -0.05) is 35.9 Å². The SMILES string of the molecule is COc1cccc(C(NN)c2cccc(Cl)c2)c1F. The topological polar surface area (TPSA) is 47.3 Å². The van der Waals surface area contributed by atoms with Crippen LogP contribution in [0.2, 0.25) is 5.02 Å². The molecule has 0 amide bonds. The van der Waals surface area contributed by atoms with Crippen LogP contribution in [0.5, 0.6) is 5.75 Å². The van der Waals surface area contributed by atoms with Crippen LogP contribution < -0.4 is 16.0 Å². The lowest BCUT2D eigenvalue weighted by Crippen LogP contribution is -2.29. The molecule has 0 saturated carbocycles. The largest absolute Gasteiger partial charge is 0.494 e. The molecule has 0 heterocycles. The predicted molar refractivity (Wildman–Crippen MR) is 73.6 cm³/mol. The van der Waals surface area contributed by atoms with Gasteiger partial charge in [0.1, 0.15) is 0 Å². The molecule has 0 saturated heterocycles. The monoisotopic (exact) mass is 280 g/mol. The van der Waals surface area contributed by atoms with Crippen molar-refractivity contribution in [2.24, 2.45) is 5.84 Å². The number of hydrogen-bond acceptors (Lipinski definition) is 3. The summed E-state index contributed by atoms with van der Waals surface area (Å²) >= 11 is 5.94. The van der Waals surface area contributed by atoms with E-state index in [1.807, 2.05) is 6.07 Å². The van der Waals surface area contributed by atoms with Gasteiger partial charge in [0.2, 0.25) is 0 Å². The van der Waals surface area contributed by atoms with Crippen molar-refractivity contribution in [3.63, 3.8) is 0 Å². The highest BCUT2D eigenvalue weighted by molar-refractivity contribution is 6.30. The first-order valence-corrected chi connectivity index (χ1v) is 6.09. The molecule has 2 aromatic rings. The zero-order valence-electron chi connectivity index (χ0n) is 10.4. The van der Waals surface area contributed by atoms with Crippen molar-refractivity contribution in [3.8, 4) is 5.75 Å². The highest BCUT2D eigenvalue weighted by Crippen LogP contribution is 2.29. The van der Waals surface area contributed by atoms with E-state index in [2.05, 4.69) is 5.43 Å². The van der Waals surface area contributed by atoms with Gasteiger partial charge in [-0.25, -0.2) is 9.82 Å². The molecule has 0 aromatic heterocycles. The fraction of sp³-hybridized carbons (Fsp3) is 0.143. The third-order valence-electron chi connectivity index (χ3n) is 2.87. The minimum absolute atomic E-state index is 0.180. The molecule has 3 nitrogen and oxygen atoms in total. The molecule has 2 rings (SSSR count). The Morgan fingerprint density at radius 3 is 2.63 bits per heavy atom. The van der Waals surface area contributed by atoms with Gasteiger partial charge in [0.05, 0.1) is 13.2 Å². The Morgan fingerprint density at radius 1 is 1.26 bits per heavy atom. The highest BCUT2D eigenvalue weighted by atomic mass is 35.5. The molecule has 0 radical (unpaired) electrons. The van der Waals surface area contributed by atoms with Crippen LogP contribution in [0.25, 0.3) is 0 Å². The van der Waals surface area contributed by atoms with Crippen LogP contribution in [-0.2, 0) is 0 Å². The number of halogens is 2. The maximum absolute atomic E-state index is 14.2. The van der Waals surface area contributed by atoms with Crippen molar-refractivity contribution in [2.45, 2.75) is 6.04 Å². The zero-order valence-corrected chi connectivity index (χ0v) is 11.1. The summed E-state index contributed by atoms with van der Waals surface area (Å²) in [6.45, 7) is 0. The van der Waals surface area contributed by atoms with Crippen LogP contribution in [0.15, 0.2) is 42.5 Å². The second kappa shape index (κ2) is 6.02. The molecule has 0 aliphatic heterocycles. The molecule has 1 unspecified atom stereocenters. The molecule has 0 bridgehead atoms. The first kappa shape index (κ1) is 13.8. The lowest BCUT2D eigenvalue weighted by atomic mass is 9.98. The normalized spacial score (nSPS) is 12.2. The third kappa shape index (κ3) is 2.87. The Kier molecular flexibility index (Phi) is 4.37. The number of hydrogen-bond donors (Lipinski definition) is 2. The highest BCUT2D eigenvalue weighted by Gasteiger charge is 2.19. The van der Waals surface area contributed by atoms with E-state index >= 15 is 0 Å². The van der Waals surface area contributed by atoms with E-state index in [-0.39, 0.29) is 5.75 Å². The third-order valence-corrected chi connectivity index (χ3v) is 3.11. The number of ether oxygens (including phenoxy) is 1. The molecule has 2 aromatic carbocycles. The van der Waals surface area contributed by atoms with Crippen LogP contribution in [0.4, 0.5) is 4.39 Å². The Bertz CT molecular complexity index is 577. The average Bonchev–Trinajstić information content (AvgIpc) is 2.41. The summed E-state index contributed by atoms with van der Waals surface area (Å²) in [7, 11) is 1.42. The van der Waals surface area contributed by atoms with Crippen LogP contribution in [0.3, 0.4) is 0 Å². The van der Waals surface area contributed by atoms with Crippen molar-refractivity contribution in [2.75, 3.05) is 7.11 Å². The molecular weight excluding hydrogens is 267 g/mol. The first-order chi connectivity index (χ1) is 9.17. The van der Waals surface area contributed by atoms with Crippen LogP contribution in [-0.4, -0.2) is 7.11 Å². The van der Waals surface area contributed by atoms with Gasteiger partial charge in [0.15, 0.2) is 11.6 Å². The summed E-state index contributed by atoms with van der Waals surface area (Å²) in [5.41, 5.74) is 3.79. The van der Waals surface area contributed by atoms with E-state index in [0.717, 1.165) is 5.56 Å². The number of benzene rings is 2. The smallest absolute Gasteiger partial charge is 0.170 e. The minimum atomic E-state index is -0.492. The second-order valence-corrected chi connectivity index (χ2v) is 4.45. The number of nitrogens with one attached hydrogen (secondary N) is 1. The molecule has 5 heteroatoms. The predicted octanol–water partition coefficient (Wildman–Crippen LogP) is 3.04. The standard InChI is InChI=1S/C14H14ClFN2O/c1-19-12-7-3-6-11(13(12)16)14(18-17)9-4-2-5-10(15)8-9/h2-8,14,18H,17H2,1H3. The lowest BCUT2D eigenvalue weighted by molar-refractivity contribution is 0.381. The summed E-state index contributed by atoms with van der Waals surface area (Å²) in [6, 6.07) is 11.6. The van der Waals surface area contributed by atoms with Gasteiger partial charge in [0.25, 0.3) is 0 Å². The van der Waals surface area contributed by atoms with Crippen LogP contribution in [0, 0.1) is 5.82 Å². The van der Waals surface area contributed by atoms with Crippen LogP contribution >= 0.6 is 11.6 Å². The number of nitrogens with two attached hydrogens (primary N) is 1. The Morgan fingerprint density at radius 2 is 2.00 bits per heavy atom. The molecule has 19 heavy (non-hydrogen) atoms. The quantitative estimate of drug-likeness (QED) is 0.668. The number of hydrazine groups is 1. The van der Waals surface area contributed by atoms with Gasteiger partial charge < -0.3 is 4.74 Å². The molecule has 0 fully saturated rings. The summed E-state index contributed by atoms with van der Waals surface area (Å²) in [5.74, 6) is 5.29. The number of methoxy groups -OCH3 is 1. The van der Waals surface area contributed by atoms with E-state index in [4.69, 9.17) is 22.2 Å². The molecular formula is C14H14ClFN2O. The number of rotatable bonds is 4. The van der Waals surface area contributed by atoms with Gasteiger partial charge in [-0.05, 0) is 23.8 Å². The van der Waals surface area contributed by atoms with Gasteiger partial charge in [-0.3, -0.25) is 5.84 Å². The van der Waals surface area contributed by atoms with Crippen molar-refractivity contribution < 1.29 is 9.13 Å². The van der Waals surface area contributed by atoms with Crippen LogP contribution in [0.1, 0.15) is 17.2 Å². The Labute approximate surface area is 116 Å². The first-order valence-electron chi connectivity index (χ1n) is 5.71. The van der Waals surface area contributed by atoms with E-state index in [9.17, 15) is 4.39 Å². The maximum Gasteiger partial charge on any atom is 0.170 e. The van der Waals surface area contributed by atoms with Gasteiger partial charge in [-0.2, -0.15) is 0 Å².